The summed E-state index contributed by atoms with van der Waals surface area (Å²) < 4.78 is 4.96. The van der Waals surface area contributed by atoms with Gasteiger partial charge in [0.25, 0.3) is 5.91 Å². The van der Waals surface area contributed by atoms with Gasteiger partial charge in [-0.1, -0.05) is 25.2 Å². The number of nitrogen functional groups attached to an aromatic ring is 1. The zero-order chi connectivity index (χ0) is 15.5. The number of anilines is 2. The van der Waals surface area contributed by atoms with Crippen molar-refractivity contribution in [1.82, 2.24) is 10.3 Å². The van der Waals surface area contributed by atoms with Crippen molar-refractivity contribution in [2.24, 2.45) is 11.3 Å². The first kappa shape index (κ1) is 16.0. The number of hydrogen-bond donors (Lipinski definition) is 3. The van der Waals surface area contributed by atoms with E-state index in [-0.39, 0.29) is 17.1 Å². The number of methoxy groups -OCH3 is 1. The number of hydrogen-bond acceptors (Lipinski definition) is 6. The maximum Gasteiger partial charge on any atom is 0.265 e. The molecule has 0 radical (unpaired) electrons. The van der Waals surface area contributed by atoms with Crippen molar-refractivity contribution in [3.63, 3.8) is 0 Å². The normalized spacial score (nSPS) is 16.0. The van der Waals surface area contributed by atoms with Gasteiger partial charge in [-0.15, -0.1) is 0 Å². The fourth-order valence-corrected chi connectivity index (χ4v) is 3.11. The molecule has 21 heavy (non-hydrogen) atoms. The molecule has 0 spiro atoms. The minimum absolute atomic E-state index is 0.128. The summed E-state index contributed by atoms with van der Waals surface area (Å²) in [5, 5.41) is 6.74. The third-order valence-corrected chi connectivity index (χ3v) is 5.19. The number of rotatable bonds is 8. The molecule has 1 fully saturated rings. The Balaban J connectivity index is 1.90. The Labute approximate surface area is 129 Å². The first-order valence-corrected chi connectivity index (χ1v) is 8.07. The third-order valence-electron chi connectivity index (χ3n) is 4.16. The Kier molecular flexibility index (Phi) is 5.05. The number of carbonyl (C=O) groups excluding carboxylic acids is 1. The predicted octanol–water partition coefficient (Wildman–Crippen LogP) is 1.95. The Morgan fingerprint density at radius 2 is 2.24 bits per heavy atom. The Morgan fingerprint density at radius 3 is 2.81 bits per heavy atom. The van der Waals surface area contributed by atoms with Gasteiger partial charge in [-0.25, -0.2) is 4.98 Å². The van der Waals surface area contributed by atoms with E-state index in [0.717, 1.165) is 0 Å². The van der Waals surface area contributed by atoms with Crippen LogP contribution in [0.3, 0.4) is 0 Å². The lowest BCUT2D eigenvalue weighted by Gasteiger charge is -2.19. The minimum atomic E-state index is -0.128. The van der Waals surface area contributed by atoms with Crippen LogP contribution in [0.2, 0.25) is 0 Å². The zero-order valence-corrected chi connectivity index (χ0v) is 13.7. The highest BCUT2D eigenvalue weighted by molar-refractivity contribution is 7.18. The number of ether oxygens (including phenoxy) is 1. The lowest BCUT2D eigenvalue weighted by atomic mass is 9.92. The van der Waals surface area contributed by atoms with Crippen molar-refractivity contribution in [3.05, 3.63) is 4.88 Å². The van der Waals surface area contributed by atoms with Crippen molar-refractivity contribution in [3.8, 4) is 0 Å². The SMILES string of the molecule is COCCNc1nc(N)c(C(=O)NCC2(C(C)C)CC2)s1. The average molecular weight is 312 g/mol. The van der Waals surface area contributed by atoms with Crippen molar-refractivity contribution >= 4 is 28.2 Å². The molecule has 0 aliphatic heterocycles. The summed E-state index contributed by atoms with van der Waals surface area (Å²) in [7, 11) is 1.64. The highest BCUT2D eigenvalue weighted by atomic mass is 32.1. The molecule has 1 aromatic rings. The van der Waals surface area contributed by atoms with Gasteiger partial charge in [0.1, 0.15) is 10.7 Å². The van der Waals surface area contributed by atoms with Crippen molar-refractivity contribution < 1.29 is 9.53 Å². The smallest absolute Gasteiger partial charge is 0.265 e. The molecule has 0 aromatic carbocycles. The van der Waals surface area contributed by atoms with Crippen molar-refractivity contribution in [2.45, 2.75) is 26.7 Å². The zero-order valence-electron chi connectivity index (χ0n) is 12.9. The van der Waals surface area contributed by atoms with E-state index < -0.39 is 0 Å². The Bertz CT molecular complexity index is 497. The molecule has 1 heterocycles. The van der Waals surface area contributed by atoms with Crippen LogP contribution in [-0.4, -0.2) is 37.7 Å². The molecule has 1 aromatic heterocycles. The number of carbonyl (C=O) groups is 1. The van der Waals surface area contributed by atoms with Crippen LogP contribution < -0.4 is 16.4 Å². The van der Waals surface area contributed by atoms with E-state index in [2.05, 4.69) is 29.5 Å². The van der Waals surface area contributed by atoms with E-state index in [4.69, 9.17) is 10.5 Å². The van der Waals surface area contributed by atoms with Gasteiger partial charge >= 0.3 is 0 Å². The third kappa shape index (κ3) is 3.85. The summed E-state index contributed by atoms with van der Waals surface area (Å²) in [6, 6.07) is 0. The van der Waals surface area contributed by atoms with Gasteiger partial charge in [-0.05, 0) is 24.2 Å². The Morgan fingerprint density at radius 1 is 1.52 bits per heavy atom. The largest absolute Gasteiger partial charge is 0.383 e. The molecule has 1 aliphatic carbocycles. The van der Waals surface area contributed by atoms with Crippen LogP contribution in [0.5, 0.6) is 0 Å². The van der Waals surface area contributed by atoms with E-state index in [1.807, 2.05) is 0 Å². The topological polar surface area (TPSA) is 89.3 Å². The molecule has 2 rings (SSSR count). The van der Waals surface area contributed by atoms with E-state index in [1.54, 1.807) is 7.11 Å². The molecule has 0 bridgehead atoms. The summed E-state index contributed by atoms with van der Waals surface area (Å²) in [5.74, 6) is 0.742. The van der Waals surface area contributed by atoms with Gasteiger partial charge < -0.3 is 21.1 Å². The molecular weight excluding hydrogens is 288 g/mol. The van der Waals surface area contributed by atoms with Gasteiger partial charge in [-0.3, -0.25) is 4.79 Å². The van der Waals surface area contributed by atoms with Crippen LogP contribution in [0.1, 0.15) is 36.4 Å². The lowest BCUT2D eigenvalue weighted by Crippen LogP contribution is -2.32. The van der Waals surface area contributed by atoms with Crippen molar-refractivity contribution in [1.29, 1.82) is 0 Å². The average Bonchev–Trinajstić information content (AvgIpc) is 3.15. The number of thiazole rings is 1. The molecule has 1 aliphatic rings. The molecule has 0 unspecified atom stereocenters. The summed E-state index contributed by atoms with van der Waals surface area (Å²) >= 11 is 1.28. The molecule has 1 saturated carbocycles. The van der Waals surface area contributed by atoms with Crippen molar-refractivity contribution in [2.75, 3.05) is 37.9 Å². The first-order valence-electron chi connectivity index (χ1n) is 7.26. The summed E-state index contributed by atoms with van der Waals surface area (Å²) in [6.07, 6.45) is 2.37. The van der Waals surface area contributed by atoms with Crippen LogP contribution in [0.4, 0.5) is 10.9 Å². The van der Waals surface area contributed by atoms with Gasteiger partial charge in [0.2, 0.25) is 0 Å². The predicted molar refractivity (Wildman–Crippen MR) is 85.7 cm³/mol. The molecule has 118 valence electrons. The van der Waals surface area contributed by atoms with Crippen LogP contribution in [0.25, 0.3) is 0 Å². The molecule has 0 saturated heterocycles. The molecule has 6 nitrogen and oxygen atoms in total. The Hall–Kier alpha value is -1.34. The van der Waals surface area contributed by atoms with E-state index in [0.29, 0.717) is 35.6 Å². The monoisotopic (exact) mass is 312 g/mol. The summed E-state index contributed by atoms with van der Waals surface area (Å²) in [4.78, 5) is 16.9. The highest BCUT2D eigenvalue weighted by Crippen LogP contribution is 2.51. The van der Waals surface area contributed by atoms with Gasteiger partial charge in [-0.2, -0.15) is 0 Å². The maximum atomic E-state index is 12.2. The first-order chi connectivity index (χ1) is 9.98. The second-order valence-corrected chi connectivity index (χ2v) is 6.85. The summed E-state index contributed by atoms with van der Waals surface area (Å²) in [5.41, 5.74) is 6.11. The molecular formula is C14H24N4O2S. The van der Waals surface area contributed by atoms with E-state index in [9.17, 15) is 4.79 Å². The highest BCUT2D eigenvalue weighted by Gasteiger charge is 2.45. The maximum absolute atomic E-state index is 12.2. The molecule has 0 atom stereocenters. The number of nitrogens with two attached hydrogens (primary N) is 1. The second kappa shape index (κ2) is 6.62. The van der Waals surface area contributed by atoms with Gasteiger partial charge in [0, 0.05) is 20.2 Å². The van der Waals surface area contributed by atoms with Gasteiger partial charge in [0.15, 0.2) is 5.13 Å². The van der Waals surface area contributed by atoms with Crippen LogP contribution >= 0.6 is 11.3 Å². The minimum Gasteiger partial charge on any atom is -0.383 e. The van der Waals surface area contributed by atoms with Crippen LogP contribution in [0.15, 0.2) is 0 Å². The molecule has 4 N–H and O–H groups in total. The molecule has 1 amide bonds. The fourth-order valence-electron chi connectivity index (χ4n) is 2.29. The second-order valence-electron chi connectivity index (χ2n) is 5.85. The fraction of sp³-hybridized carbons (Fsp3) is 0.714. The van der Waals surface area contributed by atoms with Gasteiger partial charge in [0.05, 0.1) is 6.61 Å². The standard InChI is InChI=1S/C14H24N4O2S/c1-9(2)14(4-5-14)8-17-12(19)10-11(15)18-13(21-10)16-6-7-20-3/h9H,4-8,15H2,1-3H3,(H,16,18)(H,17,19). The number of nitrogens with zero attached hydrogens (tertiary/aromatic N) is 1. The molecule has 7 heteroatoms. The summed E-state index contributed by atoms with van der Waals surface area (Å²) in [6.45, 7) is 6.35. The number of amides is 1. The van der Waals surface area contributed by atoms with Crippen LogP contribution in [0, 0.1) is 11.3 Å². The number of aromatic nitrogens is 1. The quantitative estimate of drug-likeness (QED) is 0.638. The van der Waals surface area contributed by atoms with Crippen LogP contribution in [-0.2, 0) is 4.74 Å². The lowest BCUT2D eigenvalue weighted by molar-refractivity contribution is 0.0944. The van der Waals surface area contributed by atoms with E-state index >= 15 is 0 Å². The number of nitrogens with one attached hydrogen (secondary N) is 2. The van der Waals surface area contributed by atoms with E-state index in [1.165, 1.54) is 24.2 Å².